The zero-order chi connectivity index (χ0) is 21.9. The van der Waals surface area contributed by atoms with Crippen LogP contribution in [0.4, 0.5) is 11.4 Å². The van der Waals surface area contributed by atoms with Crippen molar-refractivity contribution in [3.63, 3.8) is 0 Å². The number of nitro groups is 1. The number of anilines is 1. The quantitative estimate of drug-likeness (QED) is 0.384. The Balaban J connectivity index is 1.97. The first-order chi connectivity index (χ1) is 14.3. The van der Waals surface area contributed by atoms with Crippen molar-refractivity contribution in [3.05, 3.63) is 52.1 Å². The molecule has 0 saturated heterocycles. The highest BCUT2D eigenvalue weighted by Crippen LogP contribution is 2.33. The molecule has 0 spiro atoms. The normalized spacial score (nSPS) is 13.5. The second-order valence-electron chi connectivity index (χ2n) is 6.40. The molecule has 160 valence electrons. The fourth-order valence-electron chi connectivity index (χ4n) is 2.96. The van der Waals surface area contributed by atoms with Gasteiger partial charge in [0.2, 0.25) is 16.8 Å². The van der Waals surface area contributed by atoms with Gasteiger partial charge in [0.05, 0.1) is 16.3 Å². The number of hydrazone groups is 1. The maximum atomic E-state index is 13.0. The summed E-state index contributed by atoms with van der Waals surface area (Å²) in [5.41, 5.74) is 3.89. The number of ether oxygens (including phenoxy) is 2. The summed E-state index contributed by atoms with van der Waals surface area (Å²) in [6.07, 6.45) is 0. The lowest BCUT2D eigenvalue weighted by Crippen LogP contribution is -2.31. The van der Waals surface area contributed by atoms with Gasteiger partial charge in [-0.05, 0) is 31.2 Å². The molecule has 0 saturated carbocycles. The molecule has 0 atom stereocenters. The van der Waals surface area contributed by atoms with Crippen molar-refractivity contribution in [2.75, 3.05) is 25.3 Å². The molecule has 0 unspecified atom stereocenters. The van der Waals surface area contributed by atoms with E-state index >= 15 is 0 Å². The summed E-state index contributed by atoms with van der Waals surface area (Å²) in [4.78, 5) is 10.3. The molecule has 1 aliphatic heterocycles. The van der Waals surface area contributed by atoms with Crippen molar-refractivity contribution >= 4 is 27.1 Å². The van der Waals surface area contributed by atoms with E-state index in [1.807, 2.05) is 0 Å². The predicted octanol–water partition coefficient (Wildman–Crippen LogP) is 3.19. The smallest absolute Gasteiger partial charge is 0.270 e. The Kier molecular flexibility index (Phi) is 6.22. The van der Waals surface area contributed by atoms with Crippen LogP contribution in [0.5, 0.6) is 11.5 Å². The third kappa shape index (κ3) is 4.21. The minimum atomic E-state index is -3.95. The highest BCUT2D eigenvalue weighted by atomic mass is 32.2. The molecule has 0 bridgehead atoms. The van der Waals surface area contributed by atoms with Gasteiger partial charge in [-0.1, -0.05) is 13.8 Å². The Morgan fingerprint density at radius 2 is 1.87 bits per heavy atom. The largest absolute Gasteiger partial charge is 0.454 e. The van der Waals surface area contributed by atoms with Crippen LogP contribution in [0.25, 0.3) is 0 Å². The first-order valence-electron chi connectivity index (χ1n) is 9.26. The van der Waals surface area contributed by atoms with E-state index in [0.717, 1.165) is 11.6 Å². The van der Waals surface area contributed by atoms with E-state index in [9.17, 15) is 18.5 Å². The molecule has 1 heterocycles. The molecule has 0 radical (unpaired) electrons. The number of nitro benzene ring substituents is 1. The van der Waals surface area contributed by atoms with Crippen LogP contribution >= 0.6 is 0 Å². The van der Waals surface area contributed by atoms with E-state index in [-0.39, 0.29) is 36.2 Å². The van der Waals surface area contributed by atoms with Crippen molar-refractivity contribution in [3.8, 4) is 11.5 Å². The Morgan fingerprint density at radius 1 is 1.17 bits per heavy atom. The van der Waals surface area contributed by atoms with Crippen LogP contribution in [-0.2, 0) is 10.0 Å². The molecular weight excluding hydrogens is 412 g/mol. The third-order valence-corrected chi connectivity index (χ3v) is 6.72. The number of benzene rings is 2. The van der Waals surface area contributed by atoms with Gasteiger partial charge >= 0.3 is 0 Å². The Morgan fingerprint density at radius 3 is 2.53 bits per heavy atom. The van der Waals surface area contributed by atoms with E-state index in [1.54, 1.807) is 39.0 Å². The molecule has 2 aromatic carbocycles. The second-order valence-corrected chi connectivity index (χ2v) is 8.31. The SMILES string of the molecule is CCN(CC)S(=O)(=O)c1cc([N+](=O)[O-])ccc1N/N=C(\C)c1ccc2c(c1)OCO2. The van der Waals surface area contributed by atoms with Crippen LogP contribution in [0.1, 0.15) is 26.3 Å². The number of sulfonamides is 1. The lowest BCUT2D eigenvalue weighted by molar-refractivity contribution is -0.385. The molecule has 0 aliphatic carbocycles. The van der Waals surface area contributed by atoms with Crippen LogP contribution in [0.3, 0.4) is 0 Å². The van der Waals surface area contributed by atoms with Crippen molar-refractivity contribution in [1.29, 1.82) is 0 Å². The molecule has 30 heavy (non-hydrogen) atoms. The van der Waals surface area contributed by atoms with Crippen molar-refractivity contribution in [2.45, 2.75) is 25.7 Å². The maximum absolute atomic E-state index is 13.0. The summed E-state index contributed by atoms with van der Waals surface area (Å²) in [6.45, 7) is 5.78. The molecule has 10 nitrogen and oxygen atoms in total. The van der Waals surface area contributed by atoms with E-state index in [2.05, 4.69) is 10.5 Å². The van der Waals surface area contributed by atoms with Gasteiger partial charge in [-0.15, -0.1) is 0 Å². The number of hydrogen-bond acceptors (Lipinski definition) is 8. The molecule has 1 aliphatic rings. The lowest BCUT2D eigenvalue weighted by Gasteiger charge is -2.20. The minimum absolute atomic E-state index is 0.146. The molecule has 2 aromatic rings. The number of fused-ring (bicyclic) bond motifs is 1. The van der Waals surface area contributed by atoms with Gasteiger partial charge in [0.15, 0.2) is 11.5 Å². The third-order valence-electron chi connectivity index (χ3n) is 4.63. The van der Waals surface area contributed by atoms with E-state index in [1.165, 1.54) is 16.4 Å². The lowest BCUT2D eigenvalue weighted by atomic mass is 10.1. The summed E-state index contributed by atoms with van der Waals surface area (Å²) in [5, 5.41) is 15.4. The van der Waals surface area contributed by atoms with E-state index in [0.29, 0.717) is 17.2 Å². The van der Waals surface area contributed by atoms with Gasteiger partial charge < -0.3 is 9.47 Å². The van der Waals surface area contributed by atoms with E-state index < -0.39 is 14.9 Å². The second kappa shape index (κ2) is 8.67. The number of nitrogens with zero attached hydrogens (tertiary/aromatic N) is 3. The zero-order valence-electron chi connectivity index (χ0n) is 16.8. The van der Waals surface area contributed by atoms with Crippen LogP contribution in [0.2, 0.25) is 0 Å². The Labute approximate surface area is 174 Å². The van der Waals surface area contributed by atoms with Gasteiger partial charge in [0, 0.05) is 30.8 Å². The fourth-order valence-corrected chi connectivity index (χ4v) is 4.58. The molecule has 1 N–H and O–H groups in total. The molecular formula is C19H22N4O6S. The Bertz CT molecular complexity index is 1100. The fraction of sp³-hybridized carbons (Fsp3) is 0.316. The van der Waals surface area contributed by atoms with Gasteiger partial charge in [-0.3, -0.25) is 15.5 Å². The molecule has 3 rings (SSSR count). The molecule has 11 heteroatoms. The van der Waals surface area contributed by atoms with Crippen molar-refractivity contribution in [2.24, 2.45) is 5.10 Å². The van der Waals surface area contributed by atoms with Crippen molar-refractivity contribution in [1.82, 2.24) is 4.31 Å². The summed E-state index contributed by atoms with van der Waals surface area (Å²) >= 11 is 0. The number of rotatable bonds is 8. The topological polar surface area (TPSA) is 123 Å². The van der Waals surface area contributed by atoms with Gasteiger partial charge in [-0.2, -0.15) is 9.41 Å². The minimum Gasteiger partial charge on any atom is -0.454 e. The standard InChI is InChI=1S/C19H22N4O6S/c1-4-22(5-2)30(26,27)19-11-15(23(24)25)7-8-16(19)21-20-13(3)14-6-9-17-18(10-14)29-12-28-17/h6-11,21H,4-5,12H2,1-3H3/b20-13+. The summed E-state index contributed by atoms with van der Waals surface area (Å²) < 4.78 is 37.9. The van der Waals surface area contributed by atoms with Crippen LogP contribution in [0.15, 0.2) is 46.4 Å². The van der Waals surface area contributed by atoms with Gasteiger partial charge in [0.25, 0.3) is 5.69 Å². The molecule has 0 fully saturated rings. The highest BCUT2D eigenvalue weighted by molar-refractivity contribution is 7.89. The van der Waals surface area contributed by atoms with Crippen LogP contribution < -0.4 is 14.9 Å². The number of non-ortho nitro benzene ring substituents is 1. The Hall–Kier alpha value is -3.18. The highest BCUT2D eigenvalue weighted by Gasteiger charge is 2.27. The van der Waals surface area contributed by atoms with Crippen LogP contribution in [-0.4, -0.2) is 43.2 Å². The molecule has 0 amide bonds. The maximum Gasteiger partial charge on any atom is 0.270 e. The predicted molar refractivity (Wildman–Crippen MR) is 112 cm³/mol. The first kappa shape index (κ1) is 21.5. The summed E-state index contributed by atoms with van der Waals surface area (Å²) in [6, 6.07) is 8.95. The zero-order valence-corrected chi connectivity index (χ0v) is 17.6. The summed E-state index contributed by atoms with van der Waals surface area (Å²) in [7, 11) is -3.95. The van der Waals surface area contributed by atoms with Gasteiger partial charge in [0.1, 0.15) is 4.90 Å². The molecule has 0 aromatic heterocycles. The van der Waals surface area contributed by atoms with E-state index in [4.69, 9.17) is 9.47 Å². The average molecular weight is 434 g/mol. The number of nitrogens with one attached hydrogen (secondary N) is 1. The average Bonchev–Trinajstić information content (AvgIpc) is 3.20. The monoisotopic (exact) mass is 434 g/mol. The van der Waals surface area contributed by atoms with Crippen molar-refractivity contribution < 1.29 is 22.8 Å². The first-order valence-corrected chi connectivity index (χ1v) is 10.7. The summed E-state index contributed by atoms with van der Waals surface area (Å²) in [5.74, 6) is 1.24. The van der Waals surface area contributed by atoms with Crippen LogP contribution in [0, 0.1) is 10.1 Å². The van der Waals surface area contributed by atoms with Gasteiger partial charge in [-0.25, -0.2) is 8.42 Å². The number of hydrogen-bond donors (Lipinski definition) is 1.